The number of carboxylic acid groups (broad SMARTS) is 1. The number of fused-ring (bicyclic) bond motifs is 1. The molecule has 0 saturated carbocycles. The smallest absolute Gasteiger partial charge is 0.305 e. The Morgan fingerprint density at radius 3 is 2.74 bits per heavy atom. The Kier molecular flexibility index (Phi) is 4.47. The van der Waals surface area contributed by atoms with Crippen molar-refractivity contribution in [1.29, 1.82) is 0 Å². The van der Waals surface area contributed by atoms with E-state index in [-0.39, 0.29) is 18.9 Å². The number of carbonyl (C=O) groups is 2. The van der Waals surface area contributed by atoms with E-state index in [1.807, 2.05) is 17.5 Å². The highest BCUT2D eigenvalue weighted by Gasteiger charge is 2.30. The molecule has 0 saturated heterocycles. The van der Waals surface area contributed by atoms with Gasteiger partial charge in [-0.05, 0) is 23.6 Å². The number of amides is 1. The summed E-state index contributed by atoms with van der Waals surface area (Å²) in [5, 5.41) is 13.6. The Bertz CT molecular complexity index is 700. The average molecular weight is 333 g/mol. The van der Waals surface area contributed by atoms with Crippen molar-refractivity contribution in [2.24, 2.45) is 0 Å². The molecule has 3 rings (SSSR count). The minimum atomic E-state index is -0.977. The largest absolute Gasteiger partial charge is 0.485 e. The molecule has 23 heavy (non-hydrogen) atoms. The number of aliphatic carboxylic acids is 1. The summed E-state index contributed by atoms with van der Waals surface area (Å²) in [4.78, 5) is 24.2. The molecule has 2 N–H and O–H groups in total. The lowest BCUT2D eigenvalue weighted by molar-refractivity contribution is -0.138. The summed E-state index contributed by atoms with van der Waals surface area (Å²) in [5.74, 6) is -0.268. The molecule has 0 unspecified atom stereocenters. The Morgan fingerprint density at radius 1 is 1.26 bits per heavy atom. The van der Waals surface area contributed by atoms with Crippen molar-refractivity contribution < 1.29 is 24.2 Å². The lowest BCUT2D eigenvalue weighted by Crippen LogP contribution is -2.45. The van der Waals surface area contributed by atoms with Crippen LogP contribution in [0.4, 0.5) is 0 Å². The first-order chi connectivity index (χ1) is 11.1. The number of benzene rings is 1. The van der Waals surface area contributed by atoms with Crippen molar-refractivity contribution in [3.63, 3.8) is 0 Å². The van der Waals surface area contributed by atoms with Crippen molar-refractivity contribution >= 4 is 23.2 Å². The Labute approximate surface area is 136 Å². The molecule has 120 valence electrons. The van der Waals surface area contributed by atoms with Gasteiger partial charge in [0, 0.05) is 4.88 Å². The lowest BCUT2D eigenvalue weighted by Gasteiger charge is -2.27. The fourth-order valence-corrected chi connectivity index (χ4v) is 3.08. The van der Waals surface area contributed by atoms with Gasteiger partial charge in [-0.3, -0.25) is 9.59 Å². The van der Waals surface area contributed by atoms with Crippen LogP contribution >= 0.6 is 11.3 Å². The highest BCUT2D eigenvalue weighted by molar-refractivity contribution is 7.10. The molecule has 0 spiro atoms. The van der Waals surface area contributed by atoms with Crippen molar-refractivity contribution in [2.75, 3.05) is 6.61 Å². The monoisotopic (exact) mass is 333 g/mol. The second kappa shape index (κ2) is 6.70. The van der Waals surface area contributed by atoms with Gasteiger partial charge in [-0.25, -0.2) is 0 Å². The van der Waals surface area contributed by atoms with E-state index in [4.69, 9.17) is 14.6 Å². The van der Waals surface area contributed by atoms with E-state index in [0.29, 0.717) is 11.5 Å². The molecule has 2 atom stereocenters. The van der Waals surface area contributed by atoms with Crippen LogP contribution in [0.2, 0.25) is 0 Å². The molecule has 1 aliphatic heterocycles. The van der Waals surface area contributed by atoms with Crippen molar-refractivity contribution in [2.45, 2.75) is 18.6 Å². The third-order valence-electron chi connectivity index (χ3n) is 3.38. The summed E-state index contributed by atoms with van der Waals surface area (Å²) >= 11 is 1.40. The molecule has 2 heterocycles. The van der Waals surface area contributed by atoms with Gasteiger partial charge in [-0.1, -0.05) is 18.2 Å². The van der Waals surface area contributed by atoms with E-state index in [0.717, 1.165) is 4.88 Å². The molecule has 0 fully saturated rings. The summed E-state index contributed by atoms with van der Waals surface area (Å²) in [7, 11) is 0. The number of carbonyl (C=O) groups excluding carboxylic acids is 1. The summed E-state index contributed by atoms with van der Waals surface area (Å²) in [6, 6.07) is 10.1. The van der Waals surface area contributed by atoms with Crippen LogP contribution in [0.3, 0.4) is 0 Å². The second-order valence-electron chi connectivity index (χ2n) is 5.04. The summed E-state index contributed by atoms with van der Waals surface area (Å²) < 4.78 is 11.1. The lowest BCUT2D eigenvalue weighted by atomic mass is 10.1. The fourth-order valence-electron chi connectivity index (χ4n) is 2.30. The van der Waals surface area contributed by atoms with E-state index < -0.39 is 18.1 Å². The maximum absolute atomic E-state index is 12.4. The molecule has 0 radical (unpaired) electrons. The molecule has 2 aromatic rings. The number of thiophene rings is 1. The number of rotatable bonds is 5. The van der Waals surface area contributed by atoms with E-state index in [9.17, 15) is 9.59 Å². The molecular weight excluding hydrogens is 318 g/mol. The van der Waals surface area contributed by atoms with Crippen LogP contribution in [0, 0.1) is 0 Å². The van der Waals surface area contributed by atoms with E-state index in [1.54, 1.807) is 24.3 Å². The van der Waals surface area contributed by atoms with Crippen LogP contribution in [-0.4, -0.2) is 29.7 Å². The van der Waals surface area contributed by atoms with Crippen LogP contribution in [0.1, 0.15) is 17.3 Å². The minimum absolute atomic E-state index is 0.0904. The summed E-state index contributed by atoms with van der Waals surface area (Å²) in [6.45, 7) is 0.0904. The fraction of sp³-hybridized carbons (Fsp3) is 0.250. The summed E-state index contributed by atoms with van der Waals surface area (Å²) in [5.41, 5.74) is 0. The second-order valence-corrected chi connectivity index (χ2v) is 6.02. The molecule has 0 aliphatic carbocycles. The van der Waals surface area contributed by atoms with Gasteiger partial charge in [-0.2, -0.15) is 0 Å². The van der Waals surface area contributed by atoms with E-state index in [1.165, 1.54) is 11.3 Å². The van der Waals surface area contributed by atoms with Crippen LogP contribution in [0.15, 0.2) is 41.8 Å². The van der Waals surface area contributed by atoms with Crippen molar-refractivity contribution in [1.82, 2.24) is 5.32 Å². The number of carboxylic acids is 1. The van der Waals surface area contributed by atoms with Crippen molar-refractivity contribution in [3.8, 4) is 11.5 Å². The van der Waals surface area contributed by atoms with Crippen LogP contribution in [0.25, 0.3) is 0 Å². The molecule has 1 amide bonds. The van der Waals surface area contributed by atoms with Gasteiger partial charge in [0.05, 0.1) is 12.5 Å². The standard InChI is InChI=1S/C16H15NO5S/c18-15(19)8-10(14-6-3-7-23-14)17-16(20)13-9-21-11-4-1-2-5-12(11)22-13/h1-7,10,13H,8-9H2,(H,17,20)(H,18,19)/t10-,13-/m1/s1. The van der Waals surface area contributed by atoms with E-state index >= 15 is 0 Å². The van der Waals surface area contributed by atoms with Crippen molar-refractivity contribution in [3.05, 3.63) is 46.7 Å². The maximum atomic E-state index is 12.4. The topological polar surface area (TPSA) is 84.9 Å². The average Bonchev–Trinajstić information content (AvgIpc) is 3.07. The predicted octanol–water partition coefficient (Wildman–Crippen LogP) is 2.22. The first kappa shape index (κ1) is 15.4. The third-order valence-corrected chi connectivity index (χ3v) is 4.37. The molecular formula is C16H15NO5S. The molecule has 7 heteroatoms. The maximum Gasteiger partial charge on any atom is 0.305 e. The number of nitrogens with one attached hydrogen (secondary N) is 1. The normalized spacial score (nSPS) is 17.3. The minimum Gasteiger partial charge on any atom is -0.485 e. The summed E-state index contributed by atoms with van der Waals surface area (Å²) in [6.07, 6.45) is -0.989. The first-order valence-electron chi connectivity index (χ1n) is 7.07. The quantitative estimate of drug-likeness (QED) is 0.876. The van der Waals surface area contributed by atoms with Gasteiger partial charge in [0.2, 0.25) is 6.10 Å². The predicted molar refractivity (Wildman–Crippen MR) is 83.8 cm³/mol. The zero-order chi connectivity index (χ0) is 16.2. The number of hydrogen-bond acceptors (Lipinski definition) is 5. The van der Waals surface area contributed by atoms with E-state index in [2.05, 4.69) is 5.32 Å². The highest BCUT2D eigenvalue weighted by Crippen LogP contribution is 2.31. The number of para-hydroxylation sites is 2. The van der Waals surface area contributed by atoms with Gasteiger partial charge in [0.15, 0.2) is 11.5 Å². The van der Waals surface area contributed by atoms with Gasteiger partial charge >= 0.3 is 5.97 Å². The van der Waals surface area contributed by atoms with Gasteiger partial charge < -0.3 is 19.9 Å². The van der Waals surface area contributed by atoms with Gasteiger partial charge in [-0.15, -0.1) is 11.3 Å². The third kappa shape index (κ3) is 3.62. The van der Waals surface area contributed by atoms with Crippen LogP contribution in [0.5, 0.6) is 11.5 Å². The SMILES string of the molecule is O=C(O)C[C@@H](NC(=O)[C@H]1COc2ccccc2O1)c1cccs1. The molecule has 1 aromatic heterocycles. The number of ether oxygens (including phenoxy) is 2. The molecule has 0 bridgehead atoms. The molecule has 6 nitrogen and oxygen atoms in total. The molecule has 1 aromatic carbocycles. The zero-order valence-corrected chi connectivity index (χ0v) is 12.9. The highest BCUT2D eigenvalue weighted by atomic mass is 32.1. The Morgan fingerprint density at radius 2 is 2.04 bits per heavy atom. The zero-order valence-electron chi connectivity index (χ0n) is 12.1. The first-order valence-corrected chi connectivity index (χ1v) is 7.95. The Hall–Kier alpha value is -2.54. The van der Waals surface area contributed by atoms with Crippen LogP contribution < -0.4 is 14.8 Å². The van der Waals surface area contributed by atoms with Gasteiger partial charge in [0.25, 0.3) is 5.91 Å². The Balaban J connectivity index is 1.69. The van der Waals surface area contributed by atoms with Gasteiger partial charge in [0.1, 0.15) is 6.61 Å². The molecule has 1 aliphatic rings. The van der Waals surface area contributed by atoms with Crippen LogP contribution in [-0.2, 0) is 9.59 Å². The number of hydrogen-bond donors (Lipinski definition) is 2.